The Morgan fingerprint density at radius 2 is 1.90 bits per heavy atom. The maximum Gasteiger partial charge on any atom is 0.127 e. The second-order valence-electron chi connectivity index (χ2n) is 7.02. The van der Waals surface area contributed by atoms with Gasteiger partial charge in [0.05, 0.1) is 0 Å². The van der Waals surface area contributed by atoms with Crippen molar-refractivity contribution >= 4 is 0 Å². The smallest absolute Gasteiger partial charge is 0.127 e. The Kier molecular flexibility index (Phi) is 3.10. The number of halogens is 1. The van der Waals surface area contributed by atoms with Crippen molar-refractivity contribution in [2.75, 3.05) is 6.54 Å². The standard InChI is InChI=1S/C18H24FN/c1-2-9-20-18(13-5-3-4-6-14(13)19)17-15-11-7-8-12(10-11)16(15)17/h3-6,11-12,15-18,20H,2,7-10H2,1H3. The molecule has 0 radical (unpaired) electrons. The summed E-state index contributed by atoms with van der Waals surface area (Å²) in [5, 5.41) is 3.65. The van der Waals surface area contributed by atoms with Gasteiger partial charge in [0.1, 0.15) is 5.82 Å². The van der Waals surface area contributed by atoms with Crippen molar-refractivity contribution in [1.82, 2.24) is 5.32 Å². The van der Waals surface area contributed by atoms with Crippen molar-refractivity contribution in [2.24, 2.45) is 29.6 Å². The van der Waals surface area contributed by atoms with Crippen LogP contribution in [0.4, 0.5) is 4.39 Å². The van der Waals surface area contributed by atoms with Gasteiger partial charge in [-0.15, -0.1) is 0 Å². The monoisotopic (exact) mass is 273 g/mol. The van der Waals surface area contributed by atoms with E-state index in [4.69, 9.17) is 0 Å². The first-order chi connectivity index (χ1) is 9.81. The number of fused-ring (bicyclic) bond motifs is 5. The molecule has 20 heavy (non-hydrogen) atoms. The summed E-state index contributed by atoms with van der Waals surface area (Å²) in [6, 6.07) is 7.62. The number of hydrogen-bond acceptors (Lipinski definition) is 1. The van der Waals surface area contributed by atoms with Crippen LogP contribution in [0.1, 0.15) is 44.2 Å². The third-order valence-electron chi connectivity index (χ3n) is 6.03. The zero-order valence-corrected chi connectivity index (χ0v) is 12.2. The molecule has 0 aromatic heterocycles. The molecule has 2 heteroatoms. The summed E-state index contributed by atoms with van der Waals surface area (Å²) in [5.41, 5.74) is 0.903. The van der Waals surface area contributed by atoms with E-state index in [0.29, 0.717) is 5.92 Å². The second-order valence-corrected chi connectivity index (χ2v) is 7.02. The lowest BCUT2D eigenvalue weighted by Crippen LogP contribution is -2.27. The molecule has 3 fully saturated rings. The summed E-state index contributed by atoms with van der Waals surface area (Å²) >= 11 is 0. The summed E-state index contributed by atoms with van der Waals surface area (Å²) in [7, 11) is 0. The first kappa shape index (κ1) is 12.8. The first-order valence-electron chi connectivity index (χ1n) is 8.29. The molecular weight excluding hydrogens is 249 g/mol. The summed E-state index contributed by atoms with van der Waals surface area (Å²) in [4.78, 5) is 0. The quantitative estimate of drug-likeness (QED) is 0.849. The van der Waals surface area contributed by atoms with E-state index in [1.54, 1.807) is 12.1 Å². The molecular formula is C18H24FN. The summed E-state index contributed by atoms with van der Waals surface area (Å²) < 4.78 is 14.2. The van der Waals surface area contributed by atoms with Crippen LogP contribution < -0.4 is 5.32 Å². The summed E-state index contributed by atoms with van der Waals surface area (Å²) in [6.07, 6.45) is 5.43. The van der Waals surface area contributed by atoms with E-state index >= 15 is 0 Å². The molecule has 5 atom stereocenters. The SMILES string of the molecule is CCCNC(c1ccccc1F)C1C2C3CCC(C3)C21. The highest BCUT2D eigenvalue weighted by molar-refractivity contribution is 5.27. The fourth-order valence-corrected chi connectivity index (χ4v) is 5.32. The van der Waals surface area contributed by atoms with Crippen molar-refractivity contribution < 1.29 is 4.39 Å². The lowest BCUT2D eigenvalue weighted by Gasteiger charge is -2.23. The number of rotatable bonds is 5. The van der Waals surface area contributed by atoms with Gasteiger partial charge in [0.2, 0.25) is 0 Å². The third kappa shape index (κ3) is 1.84. The Balaban J connectivity index is 1.59. The number of hydrogen-bond donors (Lipinski definition) is 1. The molecule has 3 aliphatic rings. The van der Waals surface area contributed by atoms with Gasteiger partial charge >= 0.3 is 0 Å². The van der Waals surface area contributed by atoms with Gasteiger partial charge in [0.25, 0.3) is 0 Å². The van der Waals surface area contributed by atoms with Crippen LogP contribution in [-0.4, -0.2) is 6.54 Å². The molecule has 0 aliphatic heterocycles. The van der Waals surface area contributed by atoms with Gasteiger partial charge in [-0.3, -0.25) is 0 Å². The highest BCUT2D eigenvalue weighted by Crippen LogP contribution is 2.72. The van der Waals surface area contributed by atoms with Crippen LogP contribution in [0.5, 0.6) is 0 Å². The van der Waals surface area contributed by atoms with Crippen LogP contribution in [-0.2, 0) is 0 Å². The third-order valence-corrected chi connectivity index (χ3v) is 6.03. The predicted molar refractivity (Wildman–Crippen MR) is 78.7 cm³/mol. The van der Waals surface area contributed by atoms with Gasteiger partial charge in [0, 0.05) is 11.6 Å². The Labute approximate surface area is 121 Å². The highest BCUT2D eigenvalue weighted by Gasteiger charge is 2.66. The molecule has 3 saturated carbocycles. The summed E-state index contributed by atoms with van der Waals surface area (Å²) in [6.45, 7) is 3.17. The van der Waals surface area contributed by atoms with E-state index in [-0.39, 0.29) is 11.9 Å². The molecule has 5 unspecified atom stereocenters. The summed E-state index contributed by atoms with van der Waals surface area (Å²) in [5.74, 6) is 4.36. The largest absolute Gasteiger partial charge is 0.310 e. The molecule has 2 bridgehead atoms. The van der Waals surface area contributed by atoms with Crippen molar-refractivity contribution in [3.63, 3.8) is 0 Å². The van der Waals surface area contributed by atoms with Crippen LogP contribution in [0.2, 0.25) is 0 Å². The highest BCUT2D eigenvalue weighted by atomic mass is 19.1. The van der Waals surface area contributed by atoms with Gasteiger partial charge in [-0.25, -0.2) is 4.39 Å². The Morgan fingerprint density at radius 1 is 1.20 bits per heavy atom. The molecule has 0 spiro atoms. The fourth-order valence-electron chi connectivity index (χ4n) is 5.32. The van der Waals surface area contributed by atoms with E-state index in [1.165, 1.54) is 19.3 Å². The Hall–Kier alpha value is -0.890. The molecule has 0 amide bonds. The molecule has 1 aromatic carbocycles. The molecule has 0 saturated heterocycles. The van der Waals surface area contributed by atoms with E-state index in [2.05, 4.69) is 12.2 Å². The Morgan fingerprint density at radius 3 is 2.55 bits per heavy atom. The van der Waals surface area contributed by atoms with E-state index in [1.807, 2.05) is 12.1 Å². The fraction of sp³-hybridized carbons (Fsp3) is 0.667. The van der Waals surface area contributed by atoms with Crippen LogP contribution in [0, 0.1) is 35.4 Å². The molecule has 1 N–H and O–H groups in total. The number of benzene rings is 1. The maximum absolute atomic E-state index is 14.2. The lowest BCUT2D eigenvalue weighted by atomic mass is 9.92. The molecule has 108 valence electrons. The zero-order chi connectivity index (χ0) is 13.7. The molecule has 4 rings (SSSR count). The van der Waals surface area contributed by atoms with Crippen LogP contribution >= 0.6 is 0 Å². The van der Waals surface area contributed by atoms with Gasteiger partial charge < -0.3 is 5.32 Å². The average molecular weight is 273 g/mol. The average Bonchev–Trinajstić information content (AvgIpc) is 2.88. The minimum Gasteiger partial charge on any atom is -0.310 e. The van der Waals surface area contributed by atoms with E-state index in [0.717, 1.165) is 42.2 Å². The lowest BCUT2D eigenvalue weighted by molar-refractivity contribution is 0.362. The van der Waals surface area contributed by atoms with Crippen molar-refractivity contribution in [2.45, 2.75) is 38.6 Å². The molecule has 1 aromatic rings. The zero-order valence-electron chi connectivity index (χ0n) is 12.2. The minimum atomic E-state index is -0.0292. The van der Waals surface area contributed by atoms with Crippen LogP contribution in [0.25, 0.3) is 0 Å². The minimum absolute atomic E-state index is 0.0292. The van der Waals surface area contributed by atoms with Gasteiger partial charge in [0.15, 0.2) is 0 Å². The maximum atomic E-state index is 14.2. The van der Waals surface area contributed by atoms with Gasteiger partial charge in [-0.1, -0.05) is 25.1 Å². The Bertz CT molecular complexity index is 484. The van der Waals surface area contributed by atoms with Crippen molar-refractivity contribution in [3.05, 3.63) is 35.6 Å². The van der Waals surface area contributed by atoms with Crippen molar-refractivity contribution in [1.29, 1.82) is 0 Å². The van der Waals surface area contributed by atoms with Crippen LogP contribution in [0.3, 0.4) is 0 Å². The van der Waals surface area contributed by atoms with Crippen molar-refractivity contribution in [3.8, 4) is 0 Å². The normalized spacial score (nSPS) is 38.8. The molecule has 3 aliphatic carbocycles. The predicted octanol–water partition coefficient (Wildman–Crippen LogP) is 4.16. The second kappa shape index (κ2) is 4.84. The van der Waals surface area contributed by atoms with Gasteiger partial charge in [-0.2, -0.15) is 0 Å². The van der Waals surface area contributed by atoms with Crippen LogP contribution in [0.15, 0.2) is 24.3 Å². The molecule has 1 nitrogen and oxygen atoms in total. The number of nitrogens with one attached hydrogen (secondary N) is 1. The molecule has 0 heterocycles. The van der Waals surface area contributed by atoms with Gasteiger partial charge in [-0.05, 0) is 67.9 Å². The van der Waals surface area contributed by atoms with E-state index < -0.39 is 0 Å². The van der Waals surface area contributed by atoms with E-state index in [9.17, 15) is 4.39 Å². The topological polar surface area (TPSA) is 12.0 Å². The first-order valence-corrected chi connectivity index (χ1v) is 8.29.